The van der Waals surface area contributed by atoms with Crippen molar-refractivity contribution in [3.05, 3.63) is 52.9 Å². The second kappa shape index (κ2) is 7.91. The highest BCUT2D eigenvalue weighted by atomic mass is 35.5. The maximum Gasteiger partial charge on any atom is 0.257 e. The van der Waals surface area contributed by atoms with Gasteiger partial charge in [-0.3, -0.25) is 4.79 Å². The highest BCUT2D eigenvalue weighted by molar-refractivity contribution is 7.92. The standard InChI is InChI=1S/C20H23ClFN3O3S/c1-20(2,3)29(27,28)18-7-5-15(13-23-18)24-8-10-25(11-9-24)19(26)16-12-14(21)4-6-17(16)22/h4-7,12-13H,8-11H2,1-3H3. The van der Waals surface area contributed by atoms with Gasteiger partial charge in [0.1, 0.15) is 5.82 Å². The van der Waals surface area contributed by atoms with Crippen LogP contribution in [0, 0.1) is 5.82 Å². The van der Waals surface area contributed by atoms with Crippen molar-refractivity contribution in [2.24, 2.45) is 0 Å². The molecule has 1 aliphatic rings. The first-order valence-corrected chi connectivity index (χ1v) is 11.1. The monoisotopic (exact) mass is 439 g/mol. The molecule has 1 fully saturated rings. The third-order valence-corrected chi connectivity index (χ3v) is 7.53. The molecule has 9 heteroatoms. The minimum Gasteiger partial charge on any atom is -0.367 e. The van der Waals surface area contributed by atoms with Gasteiger partial charge in [-0.25, -0.2) is 17.8 Å². The van der Waals surface area contributed by atoms with E-state index in [1.807, 2.05) is 4.90 Å². The van der Waals surface area contributed by atoms with Crippen molar-refractivity contribution in [2.75, 3.05) is 31.1 Å². The van der Waals surface area contributed by atoms with E-state index in [-0.39, 0.29) is 10.6 Å². The smallest absolute Gasteiger partial charge is 0.257 e. The molecule has 1 amide bonds. The number of amides is 1. The molecule has 1 aliphatic heterocycles. The Morgan fingerprint density at radius 1 is 1.10 bits per heavy atom. The molecule has 1 saturated heterocycles. The Morgan fingerprint density at radius 3 is 2.31 bits per heavy atom. The van der Waals surface area contributed by atoms with E-state index in [2.05, 4.69) is 4.98 Å². The highest BCUT2D eigenvalue weighted by Crippen LogP contribution is 2.25. The summed E-state index contributed by atoms with van der Waals surface area (Å²) in [5.41, 5.74) is 0.739. The Hall–Kier alpha value is -2.19. The summed E-state index contributed by atoms with van der Waals surface area (Å²) < 4.78 is 38.0. The van der Waals surface area contributed by atoms with Gasteiger partial charge in [-0.1, -0.05) is 11.6 Å². The number of aromatic nitrogens is 1. The first-order valence-electron chi connectivity index (χ1n) is 9.20. The number of benzene rings is 1. The Morgan fingerprint density at radius 2 is 1.76 bits per heavy atom. The Labute approximate surface area is 175 Å². The highest BCUT2D eigenvalue weighted by Gasteiger charge is 2.32. The predicted molar refractivity (Wildman–Crippen MR) is 111 cm³/mol. The van der Waals surface area contributed by atoms with Crippen LogP contribution >= 0.6 is 11.6 Å². The van der Waals surface area contributed by atoms with E-state index in [1.54, 1.807) is 31.7 Å². The number of nitrogens with zero attached hydrogens (tertiary/aromatic N) is 3. The molecule has 2 aromatic rings. The van der Waals surface area contributed by atoms with Gasteiger partial charge in [0.15, 0.2) is 14.9 Å². The number of piperazine rings is 1. The molecule has 1 aromatic heterocycles. The number of sulfone groups is 1. The minimum atomic E-state index is -3.51. The van der Waals surface area contributed by atoms with Gasteiger partial charge in [-0.15, -0.1) is 0 Å². The van der Waals surface area contributed by atoms with Gasteiger partial charge in [0, 0.05) is 31.2 Å². The van der Waals surface area contributed by atoms with Crippen molar-refractivity contribution >= 4 is 33.0 Å². The largest absolute Gasteiger partial charge is 0.367 e. The number of anilines is 1. The molecule has 1 aromatic carbocycles. The molecule has 0 bridgehead atoms. The summed E-state index contributed by atoms with van der Waals surface area (Å²) in [5, 5.41) is 0.351. The van der Waals surface area contributed by atoms with E-state index in [9.17, 15) is 17.6 Å². The zero-order valence-corrected chi connectivity index (χ0v) is 18.1. The van der Waals surface area contributed by atoms with E-state index in [4.69, 9.17) is 11.6 Å². The lowest BCUT2D eigenvalue weighted by atomic mass is 10.1. The lowest BCUT2D eigenvalue weighted by molar-refractivity contribution is 0.0742. The van der Waals surface area contributed by atoms with Crippen molar-refractivity contribution in [1.82, 2.24) is 9.88 Å². The summed E-state index contributed by atoms with van der Waals surface area (Å²) in [4.78, 5) is 20.3. The number of rotatable bonds is 3. The van der Waals surface area contributed by atoms with Crippen LogP contribution in [0.2, 0.25) is 5.02 Å². The van der Waals surface area contributed by atoms with Gasteiger partial charge >= 0.3 is 0 Å². The van der Waals surface area contributed by atoms with Gasteiger partial charge in [0.2, 0.25) is 0 Å². The molecule has 156 valence electrons. The third-order valence-electron chi connectivity index (χ3n) is 4.89. The average molecular weight is 440 g/mol. The lowest BCUT2D eigenvalue weighted by Gasteiger charge is -2.36. The summed E-state index contributed by atoms with van der Waals surface area (Å²) >= 11 is 5.88. The first kappa shape index (κ1) is 21.5. The van der Waals surface area contributed by atoms with Crippen LogP contribution in [0.4, 0.5) is 10.1 Å². The lowest BCUT2D eigenvalue weighted by Crippen LogP contribution is -2.49. The van der Waals surface area contributed by atoms with E-state index in [0.717, 1.165) is 5.69 Å². The van der Waals surface area contributed by atoms with Crippen molar-refractivity contribution in [3.8, 4) is 0 Å². The molecule has 0 radical (unpaired) electrons. The van der Waals surface area contributed by atoms with E-state index < -0.39 is 26.3 Å². The second-order valence-corrected chi connectivity index (χ2v) is 11.0. The van der Waals surface area contributed by atoms with Crippen LogP contribution in [0.5, 0.6) is 0 Å². The molecule has 6 nitrogen and oxygen atoms in total. The van der Waals surface area contributed by atoms with Crippen LogP contribution in [0.15, 0.2) is 41.6 Å². The molecular weight excluding hydrogens is 417 g/mol. The molecule has 0 spiro atoms. The number of hydrogen-bond acceptors (Lipinski definition) is 5. The molecule has 0 N–H and O–H groups in total. The Bertz CT molecular complexity index is 1010. The zero-order valence-electron chi connectivity index (χ0n) is 16.5. The van der Waals surface area contributed by atoms with Crippen molar-refractivity contribution in [2.45, 2.75) is 30.5 Å². The first-order chi connectivity index (χ1) is 13.5. The van der Waals surface area contributed by atoms with Gasteiger partial charge < -0.3 is 9.80 Å². The molecule has 0 aliphatic carbocycles. The van der Waals surface area contributed by atoms with E-state index in [1.165, 1.54) is 30.5 Å². The van der Waals surface area contributed by atoms with Crippen LogP contribution in [0.25, 0.3) is 0 Å². The van der Waals surface area contributed by atoms with Gasteiger partial charge in [-0.2, -0.15) is 0 Å². The van der Waals surface area contributed by atoms with Crippen LogP contribution in [0.1, 0.15) is 31.1 Å². The second-order valence-electron chi connectivity index (χ2n) is 7.87. The molecule has 0 saturated carbocycles. The van der Waals surface area contributed by atoms with Gasteiger partial charge in [-0.05, 0) is 51.1 Å². The predicted octanol–water partition coefficient (Wildman–Crippen LogP) is 3.41. The van der Waals surface area contributed by atoms with Gasteiger partial charge in [0.25, 0.3) is 5.91 Å². The quantitative estimate of drug-likeness (QED) is 0.733. The molecular formula is C20H23ClFN3O3S. The number of carbonyl (C=O) groups excluding carboxylic acids is 1. The summed E-state index contributed by atoms with van der Waals surface area (Å²) in [6.45, 7) is 6.78. The normalized spacial score (nSPS) is 15.5. The van der Waals surface area contributed by atoms with Crippen molar-refractivity contribution < 1.29 is 17.6 Å². The van der Waals surface area contributed by atoms with E-state index >= 15 is 0 Å². The fourth-order valence-corrected chi connectivity index (χ4v) is 4.27. The SMILES string of the molecule is CC(C)(C)S(=O)(=O)c1ccc(N2CCN(C(=O)c3cc(Cl)ccc3F)CC2)cn1. The van der Waals surface area contributed by atoms with Crippen molar-refractivity contribution in [1.29, 1.82) is 0 Å². The van der Waals surface area contributed by atoms with Crippen LogP contribution < -0.4 is 4.90 Å². The Kier molecular flexibility index (Phi) is 5.87. The van der Waals surface area contributed by atoms with Crippen LogP contribution in [-0.2, 0) is 9.84 Å². The molecule has 3 rings (SSSR count). The van der Waals surface area contributed by atoms with Crippen LogP contribution in [-0.4, -0.2) is 55.1 Å². The topological polar surface area (TPSA) is 70.6 Å². The Balaban J connectivity index is 1.68. The summed E-state index contributed by atoms with van der Waals surface area (Å²) in [6.07, 6.45) is 1.53. The third kappa shape index (κ3) is 4.38. The molecule has 29 heavy (non-hydrogen) atoms. The molecule has 2 heterocycles. The summed E-state index contributed by atoms with van der Waals surface area (Å²) in [7, 11) is -3.51. The van der Waals surface area contributed by atoms with E-state index in [0.29, 0.717) is 31.2 Å². The fraction of sp³-hybridized carbons (Fsp3) is 0.400. The maximum absolute atomic E-state index is 14.0. The number of halogens is 2. The average Bonchev–Trinajstić information content (AvgIpc) is 2.68. The van der Waals surface area contributed by atoms with Crippen LogP contribution in [0.3, 0.4) is 0 Å². The summed E-state index contributed by atoms with van der Waals surface area (Å²) in [5.74, 6) is -0.990. The molecule has 0 atom stereocenters. The van der Waals surface area contributed by atoms with Gasteiger partial charge in [0.05, 0.1) is 22.2 Å². The molecule has 0 unspecified atom stereocenters. The maximum atomic E-state index is 14.0. The summed E-state index contributed by atoms with van der Waals surface area (Å²) in [6, 6.07) is 7.16. The minimum absolute atomic E-state index is 0.0376. The number of carbonyl (C=O) groups is 1. The van der Waals surface area contributed by atoms with Crippen molar-refractivity contribution in [3.63, 3.8) is 0 Å². The number of pyridine rings is 1. The zero-order chi connectivity index (χ0) is 21.4. The number of hydrogen-bond donors (Lipinski definition) is 0. The fourth-order valence-electron chi connectivity index (χ4n) is 3.03.